The third-order valence-corrected chi connectivity index (χ3v) is 4.01. The Bertz CT molecular complexity index is 386. The average molecular weight is 300 g/mol. The Morgan fingerprint density at radius 2 is 2.35 bits per heavy atom. The first-order valence-corrected chi connectivity index (χ1v) is 7.13. The molecule has 1 aromatic heterocycles. The van der Waals surface area contributed by atoms with Gasteiger partial charge >= 0.3 is 0 Å². The van der Waals surface area contributed by atoms with Gasteiger partial charge in [-0.1, -0.05) is 15.9 Å². The second-order valence-electron chi connectivity index (χ2n) is 4.32. The van der Waals surface area contributed by atoms with Crippen molar-refractivity contribution in [1.29, 1.82) is 0 Å². The van der Waals surface area contributed by atoms with Crippen LogP contribution in [-0.2, 0) is 0 Å². The molecule has 1 aliphatic heterocycles. The van der Waals surface area contributed by atoms with Gasteiger partial charge in [0.1, 0.15) is 12.1 Å². The van der Waals surface area contributed by atoms with E-state index >= 15 is 0 Å². The third-order valence-electron chi connectivity index (χ3n) is 3.10. The molecule has 0 aromatic carbocycles. The van der Waals surface area contributed by atoms with Gasteiger partial charge in [-0.2, -0.15) is 0 Å². The van der Waals surface area contributed by atoms with E-state index in [1.54, 1.807) is 6.33 Å². The minimum Gasteiger partial charge on any atom is -0.478 e. The highest BCUT2D eigenvalue weighted by atomic mass is 79.9. The van der Waals surface area contributed by atoms with Gasteiger partial charge in [0.25, 0.3) is 0 Å². The zero-order chi connectivity index (χ0) is 12.3. The molecule has 0 amide bonds. The summed E-state index contributed by atoms with van der Waals surface area (Å²) in [6, 6.07) is 0. The molecule has 94 valence electrons. The molecule has 0 N–H and O–H groups in total. The summed E-state index contributed by atoms with van der Waals surface area (Å²) in [6.07, 6.45) is 2.81. The van der Waals surface area contributed by atoms with Crippen molar-refractivity contribution in [1.82, 2.24) is 9.97 Å². The summed E-state index contributed by atoms with van der Waals surface area (Å²) >= 11 is 3.55. The van der Waals surface area contributed by atoms with Crippen molar-refractivity contribution in [2.45, 2.75) is 20.3 Å². The predicted octanol–water partition coefficient (Wildman–Crippen LogP) is 2.40. The van der Waals surface area contributed by atoms with Crippen molar-refractivity contribution in [3.8, 4) is 5.88 Å². The highest BCUT2D eigenvalue weighted by Gasteiger charge is 2.24. The number of halogens is 1. The summed E-state index contributed by atoms with van der Waals surface area (Å²) in [5.74, 6) is 2.45. The molecule has 0 saturated carbocycles. The van der Waals surface area contributed by atoms with Crippen LogP contribution in [0.5, 0.6) is 5.88 Å². The number of nitrogens with zero attached hydrogens (tertiary/aromatic N) is 3. The summed E-state index contributed by atoms with van der Waals surface area (Å²) in [6.45, 7) is 6.77. The smallest absolute Gasteiger partial charge is 0.221 e. The maximum Gasteiger partial charge on any atom is 0.221 e. The highest BCUT2D eigenvalue weighted by molar-refractivity contribution is 9.09. The van der Waals surface area contributed by atoms with Crippen molar-refractivity contribution in [3.05, 3.63) is 11.9 Å². The Hall–Kier alpha value is -0.840. The maximum atomic E-state index is 5.50. The largest absolute Gasteiger partial charge is 0.478 e. The monoisotopic (exact) mass is 299 g/mol. The SMILES string of the molecule is CCOc1ncnc(N2CCC(CBr)C2)c1C. The fourth-order valence-electron chi connectivity index (χ4n) is 2.18. The molecule has 0 bridgehead atoms. The number of aromatic nitrogens is 2. The van der Waals surface area contributed by atoms with E-state index in [0.717, 1.165) is 35.7 Å². The van der Waals surface area contributed by atoms with E-state index in [0.29, 0.717) is 12.5 Å². The average Bonchev–Trinajstić information content (AvgIpc) is 2.80. The molecule has 5 heteroatoms. The van der Waals surface area contributed by atoms with Crippen molar-refractivity contribution >= 4 is 21.7 Å². The molecule has 1 atom stereocenters. The molecule has 2 heterocycles. The van der Waals surface area contributed by atoms with Crippen LogP contribution in [0.25, 0.3) is 0 Å². The Balaban J connectivity index is 2.18. The summed E-state index contributed by atoms with van der Waals surface area (Å²) in [7, 11) is 0. The zero-order valence-electron chi connectivity index (χ0n) is 10.3. The Kier molecular flexibility index (Phi) is 4.20. The first-order chi connectivity index (χ1) is 8.26. The zero-order valence-corrected chi connectivity index (χ0v) is 11.9. The van der Waals surface area contributed by atoms with Crippen molar-refractivity contribution in [3.63, 3.8) is 0 Å². The topological polar surface area (TPSA) is 38.3 Å². The lowest BCUT2D eigenvalue weighted by molar-refractivity contribution is 0.323. The molecule has 1 aliphatic rings. The van der Waals surface area contributed by atoms with Gasteiger partial charge in [0.15, 0.2) is 0 Å². The first-order valence-electron chi connectivity index (χ1n) is 6.01. The molecule has 0 aliphatic carbocycles. The summed E-state index contributed by atoms with van der Waals surface area (Å²) in [4.78, 5) is 10.9. The van der Waals surface area contributed by atoms with Crippen LogP contribution in [-0.4, -0.2) is 35.0 Å². The van der Waals surface area contributed by atoms with E-state index in [4.69, 9.17) is 4.74 Å². The van der Waals surface area contributed by atoms with E-state index in [-0.39, 0.29) is 0 Å². The van der Waals surface area contributed by atoms with E-state index in [2.05, 4.69) is 30.8 Å². The van der Waals surface area contributed by atoms with Crippen LogP contribution in [0.3, 0.4) is 0 Å². The van der Waals surface area contributed by atoms with Gasteiger partial charge in [0.05, 0.1) is 12.2 Å². The summed E-state index contributed by atoms with van der Waals surface area (Å²) in [5, 5.41) is 1.06. The number of ether oxygens (including phenoxy) is 1. The van der Waals surface area contributed by atoms with Crippen LogP contribution in [0.1, 0.15) is 18.9 Å². The fourth-order valence-corrected chi connectivity index (χ4v) is 2.71. The number of rotatable bonds is 4. The lowest BCUT2D eigenvalue weighted by atomic mass is 10.2. The Morgan fingerprint density at radius 1 is 1.53 bits per heavy atom. The van der Waals surface area contributed by atoms with Crippen molar-refractivity contribution in [2.24, 2.45) is 5.92 Å². The van der Waals surface area contributed by atoms with Gasteiger partial charge in [0, 0.05) is 18.4 Å². The summed E-state index contributed by atoms with van der Waals surface area (Å²) < 4.78 is 5.50. The molecular formula is C12H18BrN3O. The standard InChI is InChI=1S/C12H18BrN3O/c1-3-17-12-9(2)11(14-8-15-12)16-5-4-10(6-13)7-16/h8,10H,3-7H2,1-2H3. The van der Waals surface area contributed by atoms with Gasteiger partial charge in [-0.15, -0.1) is 0 Å². The number of hydrogen-bond donors (Lipinski definition) is 0. The van der Waals surface area contributed by atoms with Crippen LogP contribution in [0.15, 0.2) is 6.33 Å². The van der Waals surface area contributed by atoms with Crippen LogP contribution < -0.4 is 9.64 Å². The van der Waals surface area contributed by atoms with Crippen LogP contribution in [0.4, 0.5) is 5.82 Å². The predicted molar refractivity (Wildman–Crippen MR) is 72.1 cm³/mol. The van der Waals surface area contributed by atoms with Gasteiger partial charge in [0.2, 0.25) is 5.88 Å². The van der Waals surface area contributed by atoms with Crippen LogP contribution in [0, 0.1) is 12.8 Å². The van der Waals surface area contributed by atoms with Gasteiger partial charge in [-0.3, -0.25) is 0 Å². The second-order valence-corrected chi connectivity index (χ2v) is 4.96. The normalized spacial score (nSPS) is 19.7. The molecule has 1 fully saturated rings. The molecule has 1 saturated heterocycles. The lowest BCUT2D eigenvalue weighted by Crippen LogP contribution is -2.22. The fraction of sp³-hybridized carbons (Fsp3) is 0.667. The Morgan fingerprint density at radius 3 is 3.00 bits per heavy atom. The van der Waals surface area contributed by atoms with E-state index in [1.807, 2.05) is 13.8 Å². The molecule has 2 rings (SSSR count). The van der Waals surface area contributed by atoms with E-state index in [9.17, 15) is 0 Å². The van der Waals surface area contributed by atoms with Crippen molar-refractivity contribution in [2.75, 3.05) is 29.9 Å². The molecule has 4 nitrogen and oxygen atoms in total. The number of alkyl halides is 1. The Labute approximate surface area is 111 Å². The maximum absolute atomic E-state index is 5.50. The quantitative estimate of drug-likeness (QED) is 0.800. The van der Waals surface area contributed by atoms with E-state index in [1.165, 1.54) is 6.42 Å². The lowest BCUT2D eigenvalue weighted by Gasteiger charge is -2.20. The molecule has 1 aromatic rings. The molecular weight excluding hydrogens is 282 g/mol. The van der Waals surface area contributed by atoms with Gasteiger partial charge < -0.3 is 9.64 Å². The van der Waals surface area contributed by atoms with Gasteiger partial charge in [-0.05, 0) is 26.2 Å². The molecule has 0 spiro atoms. The third kappa shape index (κ3) is 2.70. The minimum atomic E-state index is 0.640. The van der Waals surface area contributed by atoms with Crippen LogP contribution >= 0.6 is 15.9 Å². The number of hydrogen-bond acceptors (Lipinski definition) is 4. The highest BCUT2D eigenvalue weighted by Crippen LogP contribution is 2.29. The number of anilines is 1. The van der Waals surface area contributed by atoms with Crippen molar-refractivity contribution < 1.29 is 4.74 Å². The first kappa shape index (κ1) is 12.6. The van der Waals surface area contributed by atoms with E-state index < -0.39 is 0 Å². The molecule has 17 heavy (non-hydrogen) atoms. The summed E-state index contributed by atoms with van der Waals surface area (Å²) in [5.41, 5.74) is 1.05. The minimum absolute atomic E-state index is 0.640. The molecule has 1 unspecified atom stereocenters. The van der Waals surface area contributed by atoms with Crippen LogP contribution in [0.2, 0.25) is 0 Å². The molecule has 0 radical (unpaired) electrons. The van der Waals surface area contributed by atoms with Gasteiger partial charge in [-0.25, -0.2) is 9.97 Å². The second kappa shape index (κ2) is 5.67.